The van der Waals surface area contributed by atoms with E-state index in [2.05, 4.69) is 5.32 Å². The number of benzene rings is 2. The number of carbonyl (C=O) groups excluding carboxylic acids is 2. The molecule has 2 rings (SSSR count). The minimum absolute atomic E-state index is 0.116. The summed E-state index contributed by atoms with van der Waals surface area (Å²) in [7, 11) is -4.12. The van der Waals surface area contributed by atoms with Crippen molar-refractivity contribution in [3.8, 4) is 0 Å². The third kappa shape index (κ3) is 5.83. The van der Waals surface area contributed by atoms with Gasteiger partial charge in [-0.05, 0) is 42.8 Å². The Morgan fingerprint density at radius 3 is 2.39 bits per heavy atom. The number of hydrogen-bond donors (Lipinski definition) is 2. The highest BCUT2D eigenvalue weighted by atomic mass is 35.5. The van der Waals surface area contributed by atoms with Gasteiger partial charge in [-0.3, -0.25) is 4.79 Å². The number of rotatable bonds is 6. The molecule has 0 aliphatic carbocycles. The van der Waals surface area contributed by atoms with Crippen molar-refractivity contribution in [2.75, 3.05) is 6.61 Å². The van der Waals surface area contributed by atoms with E-state index < -0.39 is 39.4 Å². The topological polar surface area (TPSA) is 116 Å². The van der Waals surface area contributed by atoms with Crippen LogP contribution in [0.3, 0.4) is 0 Å². The van der Waals surface area contributed by atoms with Gasteiger partial charge in [0.2, 0.25) is 10.0 Å². The summed E-state index contributed by atoms with van der Waals surface area (Å²) in [5.41, 5.74) is 0.524. The molecule has 0 spiro atoms. The van der Waals surface area contributed by atoms with Gasteiger partial charge in [-0.2, -0.15) is 0 Å². The van der Waals surface area contributed by atoms with E-state index in [-0.39, 0.29) is 10.6 Å². The van der Waals surface area contributed by atoms with Crippen molar-refractivity contribution in [3.63, 3.8) is 0 Å². The van der Waals surface area contributed by atoms with E-state index in [4.69, 9.17) is 44.7 Å². The number of amides is 1. The van der Waals surface area contributed by atoms with Crippen molar-refractivity contribution >= 4 is 56.7 Å². The summed E-state index contributed by atoms with van der Waals surface area (Å²) < 4.78 is 27.8. The Hall–Kier alpha value is -1.84. The van der Waals surface area contributed by atoms with Crippen LogP contribution < -0.4 is 10.5 Å². The molecule has 3 N–H and O–H groups in total. The first kappa shape index (κ1) is 22.4. The first-order valence-corrected chi connectivity index (χ1v) is 10.4. The molecule has 0 radical (unpaired) electrons. The molecule has 28 heavy (non-hydrogen) atoms. The Balaban J connectivity index is 2.00. The van der Waals surface area contributed by atoms with E-state index in [0.29, 0.717) is 15.6 Å². The van der Waals surface area contributed by atoms with E-state index in [9.17, 15) is 18.0 Å². The lowest BCUT2D eigenvalue weighted by molar-refractivity contribution is -0.124. The van der Waals surface area contributed by atoms with E-state index in [1.807, 2.05) is 0 Å². The van der Waals surface area contributed by atoms with Crippen LogP contribution >= 0.6 is 34.8 Å². The van der Waals surface area contributed by atoms with Crippen molar-refractivity contribution in [1.29, 1.82) is 0 Å². The fraction of sp³-hybridized carbons (Fsp3) is 0.176. The average molecular weight is 466 g/mol. The number of nitrogens with two attached hydrogens (primary N) is 1. The monoisotopic (exact) mass is 464 g/mol. The summed E-state index contributed by atoms with van der Waals surface area (Å²) in [5.74, 6) is -1.48. The first-order valence-electron chi connectivity index (χ1n) is 7.73. The minimum Gasteiger partial charge on any atom is -0.452 e. The molecule has 0 aliphatic rings. The molecule has 0 saturated carbocycles. The van der Waals surface area contributed by atoms with Crippen molar-refractivity contribution in [3.05, 3.63) is 62.6 Å². The maximum Gasteiger partial charge on any atom is 0.338 e. The zero-order valence-electron chi connectivity index (χ0n) is 14.4. The molecular weight excluding hydrogens is 451 g/mol. The number of esters is 1. The number of ether oxygens (including phenoxy) is 1. The third-order valence-corrected chi connectivity index (χ3v) is 5.57. The van der Waals surface area contributed by atoms with E-state index in [1.165, 1.54) is 12.1 Å². The molecular formula is C17H15Cl3N2O5S. The minimum atomic E-state index is -4.12. The van der Waals surface area contributed by atoms with Gasteiger partial charge in [0, 0.05) is 10.0 Å². The highest BCUT2D eigenvalue weighted by Gasteiger charge is 2.19. The number of primary sulfonamides is 1. The molecule has 7 nitrogen and oxygen atoms in total. The van der Waals surface area contributed by atoms with Crippen LogP contribution in [0, 0.1) is 0 Å². The van der Waals surface area contributed by atoms with Crippen LogP contribution in [-0.2, 0) is 19.6 Å². The van der Waals surface area contributed by atoms with E-state index in [0.717, 1.165) is 6.07 Å². The maximum atomic E-state index is 12.1. The first-order chi connectivity index (χ1) is 13.0. The van der Waals surface area contributed by atoms with Crippen molar-refractivity contribution in [2.45, 2.75) is 17.9 Å². The largest absolute Gasteiger partial charge is 0.452 e. The van der Waals surface area contributed by atoms with Crippen molar-refractivity contribution in [2.24, 2.45) is 5.14 Å². The third-order valence-electron chi connectivity index (χ3n) is 3.61. The molecule has 0 aliphatic heterocycles. The number of nitrogens with one attached hydrogen (secondary N) is 1. The zero-order chi connectivity index (χ0) is 21.1. The van der Waals surface area contributed by atoms with Gasteiger partial charge in [0.05, 0.1) is 16.6 Å². The lowest BCUT2D eigenvalue weighted by Crippen LogP contribution is -2.31. The zero-order valence-corrected chi connectivity index (χ0v) is 17.5. The van der Waals surface area contributed by atoms with Crippen LogP contribution in [0.15, 0.2) is 41.3 Å². The summed E-state index contributed by atoms with van der Waals surface area (Å²) in [4.78, 5) is 23.7. The summed E-state index contributed by atoms with van der Waals surface area (Å²) in [6.45, 7) is 1.12. The normalized spacial score (nSPS) is 12.3. The van der Waals surface area contributed by atoms with Gasteiger partial charge < -0.3 is 10.1 Å². The predicted octanol–water partition coefficient (Wildman–Crippen LogP) is 3.33. The standard InChI is InChI=1S/C17H15Cl3N2O5S/c1-9(12-4-3-11(18)7-14(12)20)22-16(23)8-27-17(24)10-2-5-13(19)15(6-10)28(21,25)26/h2-7,9H,8H2,1H3,(H,22,23)(H2,21,25,26)/t9-/m0/s1. The quantitative estimate of drug-likeness (QED) is 0.635. The second kappa shape index (κ2) is 9.11. The van der Waals surface area contributed by atoms with Gasteiger partial charge in [0.1, 0.15) is 4.90 Å². The van der Waals surface area contributed by atoms with Crippen LogP contribution in [0.1, 0.15) is 28.9 Å². The van der Waals surface area contributed by atoms with Crippen molar-refractivity contribution in [1.82, 2.24) is 5.32 Å². The van der Waals surface area contributed by atoms with E-state index in [1.54, 1.807) is 25.1 Å². The van der Waals surface area contributed by atoms with Crippen LogP contribution in [-0.4, -0.2) is 26.9 Å². The Morgan fingerprint density at radius 1 is 1.11 bits per heavy atom. The fourth-order valence-electron chi connectivity index (χ4n) is 2.28. The molecule has 150 valence electrons. The van der Waals surface area contributed by atoms with Gasteiger partial charge in [-0.1, -0.05) is 40.9 Å². The maximum absolute atomic E-state index is 12.1. The van der Waals surface area contributed by atoms with Gasteiger partial charge in [-0.25, -0.2) is 18.4 Å². The molecule has 0 bridgehead atoms. The lowest BCUT2D eigenvalue weighted by Gasteiger charge is -2.16. The summed E-state index contributed by atoms with van der Waals surface area (Å²) in [5, 5.41) is 8.37. The van der Waals surface area contributed by atoms with Gasteiger partial charge >= 0.3 is 5.97 Å². The predicted molar refractivity (Wildman–Crippen MR) is 106 cm³/mol. The Labute approximate surface area is 176 Å². The molecule has 2 aromatic carbocycles. The molecule has 2 aromatic rings. The second-order valence-electron chi connectivity index (χ2n) is 5.72. The number of carbonyl (C=O) groups is 2. The van der Waals surface area contributed by atoms with Gasteiger partial charge in [0.15, 0.2) is 6.61 Å². The highest BCUT2D eigenvalue weighted by molar-refractivity contribution is 7.89. The molecule has 0 unspecified atom stereocenters. The molecule has 0 heterocycles. The second-order valence-corrected chi connectivity index (χ2v) is 8.50. The summed E-state index contributed by atoms with van der Waals surface area (Å²) in [6.07, 6.45) is 0. The Bertz CT molecular complexity index is 1030. The molecule has 0 aromatic heterocycles. The van der Waals surface area contributed by atoms with Gasteiger partial charge in [-0.15, -0.1) is 0 Å². The molecule has 1 atom stereocenters. The van der Waals surface area contributed by atoms with Crippen LogP contribution in [0.25, 0.3) is 0 Å². The van der Waals surface area contributed by atoms with Gasteiger partial charge in [0.25, 0.3) is 5.91 Å². The average Bonchev–Trinajstić information content (AvgIpc) is 2.58. The molecule has 0 saturated heterocycles. The number of halogens is 3. The smallest absolute Gasteiger partial charge is 0.338 e. The molecule has 11 heteroatoms. The number of sulfonamides is 1. The molecule has 0 fully saturated rings. The number of hydrogen-bond acceptors (Lipinski definition) is 5. The summed E-state index contributed by atoms with van der Waals surface area (Å²) >= 11 is 17.7. The summed E-state index contributed by atoms with van der Waals surface area (Å²) in [6, 6.07) is 7.83. The molecule has 1 amide bonds. The van der Waals surface area contributed by atoms with E-state index >= 15 is 0 Å². The van der Waals surface area contributed by atoms with Crippen LogP contribution in [0.5, 0.6) is 0 Å². The Morgan fingerprint density at radius 2 is 1.79 bits per heavy atom. The van der Waals surface area contributed by atoms with Crippen molar-refractivity contribution < 1.29 is 22.7 Å². The Kier molecular flexibility index (Phi) is 7.30. The lowest BCUT2D eigenvalue weighted by atomic mass is 10.1. The van der Waals surface area contributed by atoms with Crippen LogP contribution in [0.4, 0.5) is 0 Å². The fourth-order valence-corrected chi connectivity index (χ4v) is 3.92. The highest BCUT2D eigenvalue weighted by Crippen LogP contribution is 2.26. The van der Waals surface area contributed by atoms with Crippen LogP contribution in [0.2, 0.25) is 15.1 Å². The SMILES string of the molecule is C[C@H](NC(=O)COC(=O)c1ccc(Cl)c(S(N)(=O)=O)c1)c1ccc(Cl)cc1Cl.